The molecule has 0 saturated heterocycles. The maximum Gasteiger partial charge on any atom is 0.0424 e. The third-order valence-corrected chi connectivity index (χ3v) is 3.19. The van der Waals surface area contributed by atoms with E-state index >= 15 is 0 Å². The van der Waals surface area contributed by atoms with Crippen LogP contribution in [-0.4, -0.2) is 0 Å². The average molecular weight is 280 g/mol. The summed E-state index contributed by atoms with van der Waals surface area (Å²) >= 11 is 11.9. The second kappa shape index (κ2) is 6.12. The summed E-state index contributed by atoms with van der Waals surface area (Å²) in [6, 6.07) is 14.0. The molecule has 2 aromatic rings. The minimum Gasteiger partial charge on any atom is -0.381 e. The normalized spacial score (nSPS) is 10.4. The van der Waals surface area contributed by atoms with Gasteiger partial charge < -0.3 is 5.32 Å². The summed E-state index contributed by atoms with van der Waals surface area (Å²) < 4.78 is 0. The summed E-state index contributed by atoms with van der Waals surface area (Å²) in [6.07, 6.45) is 1.04. The van der Waals surface area contributed by atoms with E-state index in [0.29, 0.717) is 16.6 Å². The van der Waals surface area contributed by atoms with Crippen molar-refractivity contribution in [3.8, 4) is 0 Å². The van der Waals surface area contributed by atoms with E-state index in [0.717, 1.165) is 17.7 Å². The highest BCUT2D eigenvalue weighted by Crippen LogP contribution is 2.20. The van der Waals surface area contributed by atoms with Gasteiger partial charge in [-0.05, 0) is 47.9 Å². The van der Waals surface area contributed by atoms with E-state index in [-0.39, 0.29) is 0 Å². The topological polar surface area (TPSA) is 12.0 Å². The Bertz CT molecular complexity index is 518. The SMILES string of the molecule is CCc1cccc(NCc2cc(Cl)cc(Cl)c2)c1. The maximum absolute atomic E-state index is 5.97. The minimum absolute atomic E-state index is 0.668. The number of benzene rings is 2. The van der Waals surface area contributed by atoms with Crippen molar-refractivity contribution in [1.29, 1.82) is 0 Å². The molecular formula is C15H15Cl2N. The Morgan fingerprint density at radius 1 is 0.944 bits per heavy atom. The molecule has 1 nitrogen and oxygen atoms in total. The largest absolute Gasteiger partial charge is 0.381 e. The van der Waals surface area contributed by atoms with E-state index in [1.54, 1.807) is 6.07 Å². The molecule has 0 bridgehead atoms. The van der Waals surface area contributed by atoms with Gasteiger partial charge in [0.25, 0.3) is 0 Å². The van der Waals surface area contributed by atoms with E-state index in [1.807, 2.05) is 12.1 Å². The molecule has 18 heavy (non-hydrogen) atoms. The fourth-order valence-corrected chi connectivity index (χ4v) is 2.39. The monoisotopic (exact) mass is 279 g/mol. The Kier molecular flexibility index (Phi) is 4.51. The van der Waals surface area contributed by atoms with Crippen LogP contribution >= 0.6 is 23.2 Å². The lowest BCUT2D eigenvalue weighted by Crippen LogP contribution is -1.99. The van der Waals surface area contributed by atoms with Gasteiger partial charge in [0, 0.05) is 22.3 Å². The van der Waals surface area contributed by atoms with E-state index in [1.165, 1.54) is 5.56 Å². The zero-order valence-electron chi connectivity index (χ0n) is 10.2. The van der Waals surface area contributed by atoms with Crippen LogP contribution in [0.4, 0.5) is 5.69 Å². The molecule has 0 radical (unpaired) electrons. The highest BCUT2D eigenvalue weighted by molar-refractivity contribution is 6.34. The summed E-state index contributed by atoms with van der Waals surface area (Å²) in [4.78, 5) is 0. The third-order valence-electron chi connectivity index (χ3n) is 2.75. The Labute approximate surface area is 118 Å². The zero-order valence-corrected chi connectivity index (χ0v) is 11.7. The quantitative estimate of drug-likeness (QED) is 0.814. The third kappa shape index (κ3) is 3.66. The van der Waals surface area contributed by atoms with Crippen molar-refractivity contribution in [3.63, 3.8) is 0 Å². The van der Waals surface area contributed by atoms with Crippen LogP contribution in [0.2, 0.25) is 10.0 Å². The zero-order chi connectivity index (χ0) is 13.0. The molecule has 2 rings (SSSR count). The molecule has 3 heteroatoms. The molecule has 0 saturated carbocycles. The van der Waals surface area contributed by atoms with Crippen molar-refractivity contribution >= 4 is 28.9 Å². The van der Waals surface area contributed by atoms with E-state index in [2.05, 4.69) is 36.5 Å². The van der Waals surface area contributed by atoms with Crippen LogP contribution in [0, 0.1) is 0 Å². The number of rotatable bonds is 4. The molecule has 94 valence electrons. The lowest BCUT2D eigenvalue weighted by Gasteiger charge is -2.08. The smallest absolute Gasteiger partial charge is 0.0424 e. The Balaban J connectivity index is 2.06. The first-order chi connectivity index (χ1) is 8.67. The Morgan fingerprint density at radius 3 is 2.33 bits per heavy atom. The first-order valence-corrected chi connectivity index (χ1v) is 6.71. The van der Waals surface area contributed by atoms with Gasteiger partial charge in [0.05, 0.1) is 0 Å². The van der Waals surface area contributed by atoms with Gasteiger partial charge in [-0.3, -0.25) is 0 Å². The maximum atomic E-state index is 5.97. The number of halogens is 2. The molecule has 0 amide bonds. The highest BCUT2D eigenvalue weighted by atomic mass is 35.5. The lowest BCUT2D eigenvalue weighted by molar-refractivity contribution is 1.12. The first-order valence-electron chi connectivity index (χ1n) is 5.95. The molecule has 0 aliphatic heterocycles. The van der Waals surface area contributed by atoms with Gasteiger partial charge in [-0.2, -0.15) is 0 Å². The van der Waals surface area contributed by atoms with Crippen molar-refractivity contribution in [2.75, 3.05) is 5.32 Å². The van der Waals surface area contributed by atoms with Crippen molar-refractivity contribution < 1.29 is 0 Å². The Hall–Kier alpha value is -1.18. The standard InChI is InChI=1S/C15H15Cl2N/c1-2-11-4-3-5-15(8-11)18-10-12-6-13(16)9-14(17)7-12/h3-9,18H,2,10H2,1H3. The van der Waals surface area contributed by atoms with Gasteiger partial charge in [-0.25, -0.2) is 0 Å². The predicted molar refractivity (Wildman–Crippen MR) is 79.6 cm³/mol. The van der Waals surface area contributed by atoms with Gasteiger partial charge in [0.2, 0.25) is 0 Å². The lowest BCUT2D eigenvalue weighted by atomic mass is 10.1. The van der Waals surface area contributed by atoms with Crippen molar-refractivity contribution in [3.05, 3.63) is 63.6 Å². The number of hydrogen-bond acceptors (Lipinski definition) is 1. The van der Waals surface area contributed by atoms with Crippen LogP contribution < -0.4 is 5.32 Å². The molecule has 0 aliphatic carbocycles. The number of nitrogens with one attached hydrogen (secondary N) is 1. The molecule has 0 unspecified atom stereocenters. The van der Waals surface area contributed by atoms with Gasteiger partial charge in [0.1, 0.15) is 0 Å². The molecule has 0 aliphatic rings. The molecule has 0 heterocycles. The van der Waals surface area contributed by atoms with Crippen molar-refractivity contribution in [2.24, 2.45) is 0 Å². The number of hydrogen-bond donors (Lipinski definition) is 1. The average Bonchev–Trinajstić information content (AvgIpc) is 2.35. The molecule has 0 fully saturated rings. The van der Waals surface area contributed by atoms with Crippen LogP contribution in [0.15, 0.2) is 42.5 Å². The summed E-state index contributed by atoms with van der Waals surface area (Å²) in [6.45, 7) is 2.86. The van der Waals surface area contributed by atoms with Gasteiger partial charge in [0.15, 0.2) is 0 Å². The second-order valence-electron chi connectivity index (χ2n) is 4.19. The van der Waals surface area contributed by atoms with Crippen LogP contribution in [-0.2, 0) is 13.0 Å². The summed E-state index contributed by atoms with van der Waals surface area (Å²) in [7, 11) is 0. The van der Waals surface area contributed by atoms with Crippen LogP contribution in [0.5, 0.6) is 0 Å². The van der Waals surface area contributed by atoms with Crippen molar-refractivity contribution in [2.45, 2.75) is 19.9 Å². The fourth-order valence-electron chi connectivity index (χ4n) is 1.82. The van der Waals surface area contributed by atoms with E-state index in [9.17, 15) is 0 Å². The molecular weight excluding hydrogens is 265 g/mol. The van der Waals surface area contributed by atoms with Crippen LogP contribution in [0.1, 0.15) is 18.1 Å². The van der Waals surface area contributed by atoms with Crippen LogP contribution in [0.25, 0.3) is 0 Å². The highest BCUT2D eigenvalue weighted by Gasteiger charge is 1.99. The summed E-state index contributed by atoms with van der Waals surface area (Å²) in [5.74, 6) is 0. The van der Waals surface area contributed by atoms with Crippen molar-refractivity contribution in [1.82, 2.24) is 0 Å². The molecule has 0 aromatic heterocycles. The molecule has 1 N–H and O–H groups in total. The summed E-state index contributed by atoms with van der Waals surface area (Å²) in [5.41, 5.74) is 3.52. The second-order valence-corrected chi connectivity index (χ2v) is 5.06. The minimum atomic E-state index is 0.668. The van der Waals surface area contributed by atoms with Gasteiger partial charge >= 0.3 is 0 Å². The molecule has 0 atom stereocenters. The molecule has 0 spiro atoms. The number of aryl methyl sites for hydroxylation is 1. The van der Waals surface area contributed by atoms with Gasteiger partial charge in [-0.1, -0.05) is 42.3 Å². The first kappa shape index (κ1) is 13.3. The van der Waals surface area contributed by atoms with E-state index in [4.69, 9.17) is 23.2 Å². The Morgan fingerprint density at radius 2 is 1.67 bits per heavy atom. The number of anilines is 1. The predicted octanol–water partition coefficient (Wildman–Crippen LogP) is 5.17. The van der Waals surface area contributed by atoms with Gasteiger partial charge in [-0.15, -0.1) is 0 Å². The van der Waals surface area contributed by atoms with E-state index < -0.39 is 0 Å². The summed E-state index contributed by atoms with van der Waals surface area (Å²) in [5, 5.41) is 4.71. The van der Waals surface area contributed by atoms with Crippen LogP contribution in [0.3, 0.4) is 0 Å². The fraction of sp³-hybridized carbons (Fsp3) is 0.200. The molecule has 2 aromatic carbocycles.